The van der Waals surface area contributed by atoms with Crippen molar-refractivity contribution in [1.29, 1.82) is 0 Å². The molecule has 1 aromatic carbocycles. The molecule has 4 rings (SSSR count). The lowest BCUT2D eigenvalue weighted by atomic mass is 10.0. The van der Waals surface area contributed by atoms with Crippen molar-refractivity contribution in [1.82, 2.24) is 20.6 Å². The number of benzene rings is 1. The van der Waals surface area contributed by atoms with Gasteiger partial charge in [0.05, 0.1) is 6.04 Å². The molecule has 0 bridgehead atoms. The van der Waals surface area contributed by atoms with Gasteiger partial charge in [-0.3, -0.25) is 19.4 Å². The van der Waals surface area contributed by atoms with Crippen molar-refractivity contribution in [3.63, 3.8) is 0 Å². The summed E-state index contributed by atoms with van der Waals surface area (Å²) in [6.45, 7) is 0.476. The topological polar surface area (TPSA) is 116 Å². The number of hydrogen-bond acceptors (Lipinski definition) is 5. The number of nitrogens with zero attached hydrogens (tertiary/aromatic N) is 1. The quantitative estimate of drug-likeness (QED) is 0.434. The summed E-state index contributed by atoms with van der Waals surface area (Å²) in [6.07, 6.45) is 6.63. The van der Waals surface area contributed by atoms with Crippen molar-refractivity contribution < 1.29 is 9.59 Å². The Morgan fingerprint density at radius 1 is 1.09 bits per heavy atom. The Morgan fingerprint density at radius 3 is 2.59 bits per heavy atom. The highest BCUT2D eigenvalue weighted by atomic mass is 16.2. The molecular weight excluding hydrogens is 406 g/mol. The molecule has 0 radical (unpaired) electrons. The van der Waals surface area contributed by atoms with E-state index in [-0.39, 0.29) is 29.1 Å². The Bertz CT molecular complexity index is 1130. The minimum atomic E-state index is -0.570. The molecule has 4 N–H and O–H groups in total. The third-order valence-electron chi connectivity index (χ3n) is 5.47. The third kappa shape index (κ3) is 5.47. The molecule has 1 aliphatic heterocycles. The summed E-state index contributed by atoms with van der Waals surface area (Å²) in [5.74, 6) is -0.282. The minimum absolute atomic E-state index is 0.00741. The van der Waals surface area contributed by atoms with Crippen molar-refractivity contribution in [2.24, 2.45) is 0 Å². The largest absolute Gasteiger partial charge is 0.352 e. The van der Waals surface area contributed by atoms with Crippen molar-refractivity contribution in [2.75, 3.05) is 11.9 Å². The molecule has 8 nitrogen and oxygen atoms in total. The van der Waals surface area contributed by atoms with Gasteiger partial charge in [0.25, 0.3) is 5.56 Å². The molecule has 2 atom stereocenters. The smallest absolute Gasteiger partial charge is 0.271 e. The zero-order chi connectivity index (χ0) is 22.3. The number of hydrogen-bond donors (Lipinski definition) is 4. The van der Waals surface area contributed by atoms with Crippen molar-refractivity contribution in [2.45, 2.75) is 31.3 Å². The fourth-order valence-electron chi connectivity index (χ4n) is 3.73. The summed E-state index contributed by atoms with van der Waals surface area (Å²) < 4.78 is 0. The number of H-pyrrole nitrogens is 1. The molecule has 0 aliphatic carbocycles. The van der Waals surface area contributed by atoms with Gasteiger partial charge in [-0.2, -0.15) is 0 Å². The van der Waals surface area contributed by atoms with E-state index in [1.165, 1.54) is 0 Å². The standard InChI is InChI=1S/C24H25N5O3/c30-22-7-6-19(28-22)15-26-20(12-16-4-2-1-3-5-16)24(32)29-21-13-18(14-27-23(21)31)17-8-10-25-11-9-17/h1-5,8-11,13-14,19-20,26H,6-7,12,15H2,(H,27,31)(H,28,30)(H,29,32)/t19-,20+/m1/s1. The number of aromatic nitrogens is 2. The minimum Gasteiger partial charge on any atom is -0.352 e. The van der Waals surface area contributed by atoms with Gasteiger partial charge in [0, 0.05) is 43.2 Å². The van der Waals surface area contributed by atoms with Gasteiger partial charge in [0.1, 0.15) is 5.69 Å². The lowest BCUT2D eigenvalue weighted by molar-refractivity contribution is -0.119. The predicted molar refractivity (Wildman–Crippen MR) is 122 cm³/mol. The highest BCUT2D eigenvalue weighted by Crippen LogP contribution is 2.19. The maximum Gasteiger partial charge on any atom is 0.271 e. The summed E-state index contributed by atoms with van der Waals surface area (Å²) in [4.78, 5) is 43.7. The number of pyridine rings is 2. The van der Waals surface area contributed by atoms with Gasteiger partial charge in [-0.15, -0.1) is 0 Å². The lowest BCUT2D eigenvalue weighted by Crippen LogP contribution is -2.47. The molecule has 1 aliphatic rings. The molecule has 8 heteroatoms. The summed E-state index contributed by atoms with van der Waals surface area (Å²) in [5, 5.41) is 8.95. The molecule has 0 saturated carbocycles. The van der Waals surface area contributed by atoms with E-state index < -0.39 is 6.04 Å². The zero-order valence-electron chi connectivity index (χ0n) is 17.5. The van der Waals surface area contributed by atoms with Gasteiger partial charge < -0.3 is 20.9 Å². The molecule has 3 heterocycles. The second kappa shape index (κ2) is 10.0. The van der Waals surface area contributed by atoms with Crippen LogP contribution in [0.5, 0.6) is 0 Å². The normalized spacial score (nSPS) is 16.4. The monoisotopic (exact) mass is 431 g/mol. The lowest BCUT2D eigenvalue weighted by Gasteiger charge is -2.21. The molecule has 164 valence electrons. The van der Waals surface area contributed by atoms with Crippen LogP contribution in [0.3, 0.4) is 0 Å². The summed E-state index contributed by atoms with van der Waals surface area (Å²) in [5.41, 5.74) is 2.44. The summed E-state index contributed by atoms with van der Waals surface area (Å²) in [6, 6.07) is 14.4. The fraction of sp³-hybridized carbons (Fsp3) is 0.250. The van der Waals surface area contributed by atoms with Gasteiger partial charge in [0.15, 0.2) is 0 Å². The van der Waals surface area contributed by atoms with Crippen LogP contribution in [-0.4, -0.2) is 40.4 Å². The van der Waals surface area contributed by atoms with Gasteiger partial charge in [-0.25, -0.2) is 0 Å². The van der Waals surface area contributed by atoms with Crippen LogP contribution in [-0.2, 0) is 16.0 Å². The van der Waals surface area contributed by atoms with Crippen molar-refractivity contribution >= 4 is 17.5 Å². The van der Waals surface area contributed by atoms with Gasteiger partial charge in [-0.05, 0) is 42.2 Å². The zero-order valence-corrected chi connectivity index (χ0v) is 17.5. The molecular formula is C24H25N5O3. The van der Waals surface area contributed by atoms with Crippen LogP contribution in [0.25, 0.3) is 11.1 Å². The first-order chi connectivity index (χ1) is 15.6. The van der Waals surface area contributed by atoms with Gasteiger partial charge in [0.2, 0.25) is 11.8 Å². The Kier molecular flexibility index (Phi) is 6.72. The molecule has 1 saturated heterocycles. The molecule has 0 unspecified atom stereocenters. The van der Waals surface area contributed by atoms with Crippen LogP contribution < -0.4 is 21.5 Å². The first kappa shape index (κ1) is 21.5. The SMILES string of the molecule is O=C1CC[C@H](CN[C@@H](Cc2ccccc2)C(=O)Nc2cc(-c3ccncc3)c[nH]c2=O)N1. The highest BCUT2D eigenvalue weighted by Gasteiger charge is 2.25. The van der Waals surface area contributed by atoms with Crippen LogP contribution in [0, 0.1) is 0 Å². The summed E-state index contributed by atoms with van der Waals surface area (Å²) in [7, 11) is 0. The van der Waals surface area contributed by atoms with E-state index in [4.69, 9.17) is 0 Å². The number of amides is 2. The fourth-order valence-corrected chi connectivity index (χ4v) is 3.73. The number of carbonyl (C=O) groups excluding carboxylic acids is 2. The second-order valence-electron chi connectivity index (χ2n) is 7.81. The Morgan fingerprint density at radius 2 is 1.88 bits per heavy atom. The number of carbonyl (C=O) groups is 2. The Balaban J connectivity index is 1.51. The van der Waals surface area contributed by atoms with Crippen LogP contribution >= 0.6 is 0 Å². The predicted octanol–water partition coefficient (Wildman–Crippen LogP) is 1.85. The third-order valence-corrected chi connectivity index (χ3v) is 5.47. The molecule has 2 amide bonds. The number of nitrogens with one attached hydrogen (secondary N) is 4. The van der Waals surface area contributed by atoms with Crippen LogP contribution in [0.1, 0.15) is 18.4 Å². The van der Waals surface area contributed by atoms with Crippen LogP contribution in [0.4, 0.5) is 5.69 Å². The summed E-state index contributed by atoms with van der Waals surface area (Å²) >= 11 is 0. The molecule has 0 spiro atoms. The average molecular weight is 431 g/mol. The Labute approximate surface area is 185 Å². The van der Waals surface area contributed by atoms with E-state index in [1.807, 2.05) is 42.5 Å². The Hall–Kier alpha value is -3.78. The molecule has 32 heavy (non-hydrogen) atoms. The maximum atomic E-state index is 13.2. The van der Waals surface area contributed by atoms with Crippen molar-refractivity contribution in [3.8, 4) is 11.1 Å². The number of anilines is 1. The van der Waals surface area contributed by atoms with E-state index in [1.54, 1.807) is 24.7 Å². The van der Waals surface area contributed by atoms with E-state index in [0.717, 1.165) is 23.1 Å². The first-order valence-electron chi connectivity index (χ1n) is 10.6. The van der Waals surface area contributed by atoms with E-state index in [2.05, 4.69) is 25.9 Å². The van der Waals surface area contributed by atoms with E-state index in [0.29, 0.717) is 19.4 Å². The second-order valence-corrected chi connectivity index (χ2v) is 7.81. The van der Waals surface area contributed by atoms with Crippen LogP contribution in [0.15, 0.2) is 71.9 Å². The molecule has 1 fully saturated rings. The van der Waals surface area contributed by atoms with E-state index >= 15 is 0 Å². The van der Waals surface area contributed by atoms with Crippen molar-refractivity contribution in [3.05, 3.63) is 83.0 Å². The highest BCUT2D eigenvalue weighted by molar-refractivity contribution is 5.95. The molecule has 3 aromatic rings. The maximum absolute atomic E-state index is 13.2. The molecule has 2 aromatic heterocycles. The first-order valence-corrected chi connectivity index (χ1v) is 10.6. The number of rotatable bonds is 8. The van der Waals surface area contributed by atoms with Crippen LogP contribution in [0.2, 0.25) is 0 Å². The van der Waals surface area contributed by atoms with Gasteiger partial charge in [-0.1, -0.05) is 30.3 Å². The average Bonchev–Trinajstić information content (AvgIpc) is 3.24. The van der Waals surface area contributed by atoms with Gasteiger partial charge >= 0.3 is 0 Å². The van der Waals surface area contributed by atoms with E-state index in [9.17, 15) is 14.4 Å². The number of aromatic amines is 1.